The fraction of sp³-hybridized carbons (Fsp3) is 0.375. The molecule has 0 bridgehead atoms. The smallest absolute Gasteiger partial charge is 0.328 e. The highest BCUT2D eigenvalue weighted by molar-refractivity contribution is 5.96. The molecule has 0 aliphatic carbocycles. The third kappa shape index (κ3) is 5.26. The summed E-state index contributed by atoms with van der Waals surface area (Å²) in [6.45, 7) is 0. The van der Waals surface area contributed by atoms with Crippen molar-refractivity contribution in [2.24, 2.45) is 0 Å². The summed E-state index contributed by atoms with van der Waals surface area (Å²) in [7, 11) is 1.26. The van der Waals surface area contributed by atoms with E-state index >= 15 is 0 Å². The summed E-state index contributed by atoms with van der Waals surface area (Å²) >= 11 is 0. The Kier molecular flexibility index (Phi) is 7.15. The number of benzene rings is 1. The van der Waals surface area contributed by atoms with Crippen LogP contribution in [0.1, 0.15) is 41.6 Å². The van der Waals surface area contributed by atoms with Gasteiger partial charge in [-0.05, 0) is 43.5 Å². The fourth-order valence-corrected chi connectivity index (χ4v) is 1.88. The molecule has 1 rings (SSSR count). The van der Waals surface area contributed by atoms with Gasteiger partial charge in [0.05, 0.1) is 24.8 Å². The molecular weight excluding hydrogens is 282 g/mol. The molecule has 0 spiro atoms. The summed E-state index contributed by atoms with van der Waals surface area (Å²) < 4.78 is 4.68. The lowest BCUT2D eigenvalue weighted by Gasteiger charge is -2.16. The van der Waals surface area contributed by atoms with E-state index in [9.17, 15) is 9.59 Å². The number of nitrogens with zero attached hydrogens (tertiary/aromatic N) is 2. The molecule has 0 saturated heterocycles. The molecule has 1 N–H and O–H groups in total. The summed E-state index contributed by atoms with van der Waals surface area (Å²) in [4.78, 5) is 23.8. The van der Waals surface area contributed by atoms with Crippen molar-refractivity contribution in [2.75, 3.05) is 7.11 Å². The highest BCUT2D eigenvalue weighted by Gasteiger charge is 2.21. The summed E-state index contributed by atoms with van der Waals surface area (Å²) in [5.41, 5.74) is 0.822. The SMILES string of the molecule is COC(=O)[C@H](CCCCC#N)NC(=O)c1ccc(C#N)cc1. The molecule has 0 fully saturated rings. The third-order valence-corrected chi connectivity index (χ3v) is 3.10. The Morgan fingerprint density at radius 2 is 1.91 bits per heavy atom. The van der Waals surface area contributed by atoms with E-state index in [1.807, 2.05) is 12.1 Å². The van der Waals surface area contributed by atoms with E-state index in [1.165, 1.54) is 31.4 Å². The third-order valence-electron chi connectivity index (χ3n) is 3.10. The van der Waals surface area contributed by atoms with Gasteiger partial charge in [0.1, 0.15) is 6.04 Å². The van der Waals surface area contributed by atoms with Gasteiger partial charge in [-0.15, -0.1) is 0 Å². The van der Waals surface area contributed by atoms with E-state index in [2.05, 4.69) is 10.1 Å². The van der Waals surface area contributed by atoms with E-state index in [1.54, 1.807) is 0 Å². The van der Waals surface area contributed by atoms with Crippen molar-refractivity contribution < 1.29 is 14.3 Å². The van der Waals surface area contributed by atoms with Crippen LogP contribution in [0, 0.1) is 22.7 Å². The van der Waals surface area contributed by atoms with Gasteiger partial charge < -0.3 is 10.1 Å². The van der Waals surface area contributed by atoms with Crippen LogP contribution in [0.25, 0.3) is 0 Å². The Morgan fingerprint density at radius 1 is 1.23 bits per heavy atom. The Labute approximate surface area is 129 Å². The number of ether oxygens (including phenoxy) is 1. The summed E-state index contributed by atoms with van der Waals surface area (Å²) in [5, 5.41) is 19.8. The Bertz CT molecular complexity index is 597. The maximum Gasteiger partial charge on any atom is 0.328 e. The molecule has 1 amide bonds. The van der Waals surface area contributed by atoms with E-state index < -0.39 is 17.9 Å². The molecule has 0 saturated carbocycles. The zero-order chi connectivity index (χ0) is 16.4. The molecule has 6 heteroatoms. The van der Waals surface area contributed by atoms with Crippen molar-refractivity contribution in [3.05, 3.63) is 35.4 Å². The summed E-state index contributed by atoms with van der Waals surface area (Å²) in [6, 6.07) is 9.38. The number of methoxy groups -OCH3 is 1. The number of nitriles is 2. The molecule has 0 unspecified atom stereocenters. The van der Waals surface area contributed by atoms with Crippen molar-refractivity contribution in [3.8, 4) is 12.1 Å². The average molecular weight is 299 g/mol. The molecule has 0 aliphatic heterocycles. The minimum Gasteiger partial charge on any atom is -0.467 e. The highest BCUT2D eigenvalue weighted by Crippen LogP contribution is 2.08. The predicted molar refractivity (Wildman–Crippen MR) is 78.5 cm³/mol. The number of unbranched alkanes of at least 4 members (excludes halogenated alkanes) is 2. The second-order valence-corrected chi connectivity index (χ2v) is 4.64. The number of carbonyl (C=O) groups is 2. The van der Waals surface area contributed by atoms with Crippen molar-refractivity contribution >= 4 is 11.9 Å². The van der Waals surface area contributed by atoms with Crippen LogP contribution < -0.4 is 5.32 Å². The second-order valence-electron chi connectivity index (χ2n) is 4.64. The molecule has 6 nitrogen and oxygen atoms in total. The maximum absolute atomic E-state index is 12.1. The minimum atomic E-state index is -0.744. The van der Waals surface area contributed by atoms with Crippen LogP contribution >= 0.6 is 0 Å². The summed E-state index contributed by atoms with van der Waals surface area (Å²) in [6.07, 6.45) is 2.13. The highest BCUT2D eigenvalue weighted by atomic mass is 16.5. The molecule has 22 heavy (non-hydrogen) atoms. The molecule has 0 radical (unpaired) electrons. The topological polar surface area (TPSA) is 103 Å². The minimum absolute atomic E-state index is 0.366. The van der Waals surface area contributed by atoms with Crippen LogP contribution in [0.3, 0.4) is 0 Å². The first kappa shape index (κ1) is 17.2. The molecule has 1 aromatic rings. The molecule has 1 aromatic carbocycles. The van der Waals surface area contributed by atoms with Crippen LogP contribution in [-0.2, 0) is 9.53 Å². The first-order valence-corrected chi connectivity index (χ1v) is 6.88. The number of nitrogens with one attached hydrogen (secondary N) is 1. The number of amides is 1. The fourth-order valence-electron chi connectivity index (χ4n) is 1.88. The number of hydrogen-bond donors (Lipinski definition) is 1. The van der Waals surface area contributed by atoms with Crippen LogP contribution in [0.5, 0.6) is 0 Å². The normalized spacial score (nSPS) is 10.9. The van der Waals surface area contributed by atoms with Gasteiger partial charge in [-0.1, -0.05) is 0 Å². The Hall–Kier alpha value is -2.86. The lowest BCUT2D eigenvalue weighted by molar-refractivity contribution is -0.143. The molecule has 1 atom stereocenters. The largest absolute Gasteiger partial charge is 0.467 e. The van der Waals surface area contributed by atoms with Crippen LogP contribution in [0.15, 0.2) is 24.3 Å². The van der Waals surface area contributed by atoms with Crippen LogP contribution in [-0.4, -0.2) is 25.0 Å². The van der Waals surface area contributed by atoms with Gasteiger partial charge in [-0.2, -0.15) is 10.5 Å². The molecule has 114 valence electrons. The zero-order valence-electron chi connectivity index (χ0n) is 12.3. The van der Waals surface area contributed by atoms with E-state index in [4.69, 9.17) is 10.5 Å². The van der Waals surface area contributed by atoms with Crippen molar-refractivity contribution in [1.29, 1.82) is 10.5 Å². The van der Waals surface area contributed by atoms with Gasteiger partial charge >= 0.3 is 5.97 Å². The van der Waals surface area contributed by atoms with Crippen LogP contribution in [0.2, 0.25) is 0 Å². The van der Waals surface area contributed by atoms with Crippen LogP contribution in [0.4, 0.5) is 0 Å². The lowest BCUT2D eigenvalue weighted by Crippen LogP contribution is -2.41. The Balaban J connectivity index is 2.67. The number of carbonyl (C=O) groups excluding carboxylic acids is 2. The van der Waals surface area contributed by atoms with Gasteiger partial charge in [0.15, 0.2) is 0 Å². The van der Waals surface area contributed by atoms with Crippen molar-refractivity contribution in [3.63, 3.8) is 0 Å². The average Bonchev–Trinajstić information content (AvgIpc) is 2.56. The predicted octanol–water partition coefficient (Wildman–Crippen LogP) is 1.91. The van der Waals surface area contributed by atoms with Gasteiger partial charge in [-0.25, -0.2) is 4.79 Å². The number of esters is 1. The zero-order valence-corrected chi connectivity index (χ0v) is 12.3. The molecular formula is C16H17N3O3. The van der Waals surface area contributed by atoms with Gasteiger partial charge in [0.25, 0.3) is 5.91 Å². The quantitative estimate of drug-likeness (QED) is 0.612. The van der Waals surface area contributed by atoms with E-state index in [-0.39, 0.29) is 0 Å². The molecule has 0 aromatic heterocycles. The molecule has 0 heterocycles. The van der Waals surface area contributed by atoms with Crippen molar-refractivity contribution in [1.82, 2.24) is 5.32 Å². The maximum atomic E-state index is 12.1. The van der Waals surface area contributed by atoms with Crippen molar-refractivity contribution in [2.45, 2.75) is 31.7 Å². The Morgan fingerprint density at radius 3 is 2.45 bits per heavy atom. The summed E-state index contributed by atoms with van der Waals surface area (Å²) in [5.74, 6) is -0.917. The van der Waals surface area contributed by atoms with Gasteiger partial charge in [-0.3, -0.25) is 4.79 Å². The van der Waals surface area contributed by atoms with E-state index in [0.717, 1.165) is 0 Å². The van der Waals surface area contributed by atoms with Gasteiger partial charge in [0.2, 0.25) is 0 Å². The molecule has 0 aliphatic rings. The number of rotatable bonds is 7. The van der Waals surface area contributed by atoms with Gasteiger partial charge in [0, 0.05) is 12.0 Å². The monoisotopic (exact) mass is 299 g/mol. The number of hydrogen-bond acceptors (Lipinski definition) is 5. The second kappa shape index (κ2) is 9.15. The first-order chi connectivity index (χ1) is 10.6. The standard InChI is InChI=1S/C16H17N3O3/c1-22-16(21)14(5-3-2-4-10-17)19-15(20)13-8-6-12(11-18)7-9-13/h6-9,14H,2-5H2,1H3,(H,19,20)/t14-/m0/s1. The lowest BCUT2D eigenvalue weighted by atomic mass is 10.1. The first-order valence-electron chi connectivity index (χ1n) is 6.88. The van der Waals surface area contributed by atoms with E-state index in [0.29, 0.717) is 36.8 Å².